The van der Waals surface area contributed by atoms with Gasteiger partial charge in [0.15, 0.2) is 0 Å². The minimum Gasteiger partial charge on any atom is -0.135 e. The van der Waals surface area contributed by atoms with Crippen molar-refractivity contribution in [1.29, 1.82) is 0 Å². The molecule has 0 N–H and O–H groups in total. The lowest BCUT2D eigenvalue weighted by molar-refractivity contribution is 1.48. The maximum Gasteiger partial charge on any atom is 0.0355 e. The van der Waals surface area contributed by atoms with Crippen molar-refractivity contribution >= 4 is 182 Å². The van der Waals surface area contributed by atoms with Crippen molar-refractivity contribution in [2.24, 2.45) is 0 Å². The third kappa shape index (κ3) is 5.31. The largest absolute Gasteiger partial charge is 0.135 e. The summed E-state index contributed by atoms with van der Waals surface area (Å²) in [5, 5.41) is 34.7. The first-order valence-corrected chi connectivity index (χ1v) is 30.6. The number of rotatable bonds is 3. The SMILES string of the molecule is Cc1ccccc1-c1c2cc3ccccc3c3c4ccccc4c(c4c5ccc6c7ccc8c9c(ccc(c%10ccc(c14)c5c%106)c97)-c1c-8c(-c4ccc5sc6ccccc6c5c4)c4ccccc4c1-c1ccc4sc5ccccc5c4c1)c23. The molecule has 0 saturated heterocycles. The van der Waals surface area contributed by atoms with Crippen LogP contribution in [-0.2, 0) is 0 Å². The van der Waals surface area contributed by atoms with Crippen molar-refractivity contribution < 1.29 is 0 Å². The second kappa shape index (κ2) is 15.3. The first kappa shape index (κ1) is 43.8. The highest BCUT2D eigenvalue weighted by Gasteiger charge is 2.34. The van der Waals surface area contributed by atoms with E-state index in [1.807, 2.05) is 22.7 Å². The minimum atomic E-state index is 1.26. The fourth-order valence-corrected chi connectivity index (χ4v) is 18.7. The molecule has 1 aliphatic carbocycles. The Kier molecular flexibility index (Phi) is 8.08. The van der Waals surface area contributed by atoms with E-state index in [4.69, 9.17) is 0 Å². The Balaban J connectivity index is 0.909. The highest BCUT2D eigenvalue weighted by Crippen LogP contribution is 2.62. The van der Waals surface area contributed by atoms with Crippen molar-refractivity contribution in [2.45, 2.75) is 6.92 Å². The molecule has 378 valence electrons. The molecule has 2 heterocycles. The molecule has 0 radical (unpaired) electrons. The van der Waals surface area contributed by atoms with E-state index >= 15 is 0 Å². The maximum atomic E-state index is 2.50. The number of benzene rings is 16. The predicted molar refractivity (Wildman–Crippen MR) is 364 cm³/mol. The third-order valence-electron chi connectivity index (χ3n) is 19.7. The molecule has 21 rings (SSSR count). The first-order chi connectivity index (χ1) is 41.1. The van der Waals surface area contributed by atoms with Crippen LogP contribution in [0.25, 0.3) is 214 Å². The second-order valence-corrected chi connectivity index (χ2v) is 25.7. The van der Waals surface area contributed by atoms with Gasteiger partial charge in [-0.3, -0.25) is 0 Å². The Bertz CT molecular complexity index is 6150. The first-order valence-electron chi connectivity index (χ1n) is 29.0. The van der Waals surface area contributed by atoms with Gasteiger partial charge in [0.2, 0.25) is 0 Å². The standard InChI is InChI=1S/C81H42S2/c1-41-14-2-4-16-45(41)70-63-38-42-15-3-5-17-46(42)71-51-22-8-9-23-52(51)76(81(63)71)80-60-35-31-56-54-29-33-58-74-57(32-28-53(72(54)74)55-30-34-59(79(70)80)75(60)73(55)56)77-68(43-26-36-66-61(39-43)47-18-10-12-24-64(47)82-66)49-20-6-7-21-50(49)69(78(58)77)44-27-37-67-62(40-44)48-19-11-13-25-65(48)83-67/h2-40H,1H3. The molecular weight excluding hydrogens is 1040 g/mol. The van der Waals surface area contributed by atoms with Crippen molar-refractivity contribution in [1.82, 2.24) is 0 Å². The molecule has 0 amide bonds. The van der Waals surface area contributed by atoms with Crippen LogP contribution in [0.15, 0.2) is 237 Å². The van der Waals surface area contributed by atoms with Crippen molar-refractivity contribution in [3.63, 3.8) is 0 Å². The second-order valence-electron chi connectivity index (χ2n) is 23.6. The molecule has 0 saturated carbocycles. The van der Waals surface area contributed by atoms with Gasteiger partial charge < -0.3 is 0 Å². The van der Waals surface area contributed by atoms with E-state index in [-0.39, 0.29) is 0 Å². The number of hydrogen-bond acceptors (Lipinski definition) is 2. The van der Waals surface area contributed by atoms with Gasteiger partial charge in [0.25, 0.3) is 0 Å². The van der Waals surface area contributed by atoms with Gasteiger partial charge in [-0.25, -0.2) is 0 Å². The molecule has 2 aromatic heterocycles. The average Bonchev–Trinajstić information content (AvgIpc) is 1.88. The van der Waals surface area contributed by atoms with Gasteiger partial charge in [0, 0.05) is 40.3 Å². The molecule has 20 aromatic rings. The van der Waals surface area contributed by atoms with E-state index in [1.54, 1.807) is 0 Å². The summed E-state index contributed by atoms with van der Waals surface area (Å²) in [6.45, 7) is 2.29. The van der Waals surface area contributed by atoms with Crippen molar-refractivity contribution in [3.05, 3.63) is 242 Å². The van der Waals surface area contributed by atoms with Gasteiger partial charge in [0.1, 0.15) is 0 Å². The van der Waals surface area contributed by atoms with Crippen LogP contribution in [0.2, 0.25) is 0 Å². The zero-order chi connectivity index (χ0) is 53.7. The van der Waals surface area contributed by atoms with Gasteiger partial charge in [-0.15, -0.1) is 22.7 Å². The monoisotopic (exact) mass is 1080 g/mol. The molecule has 1 aliphatic rings. The van der Waals surface area contributed by atoms with Crippen LogP contribution < -0.4 is 0 Å². The number of thiophene rings is 2. The maximum absolute atomic E-state index is 2.50. The molecule has 0 spiro atoms. The zero-order valence-corrected chi connectivity index (χ0v) is 46.5. The molecule has 0 fully saturated rings. The van der Waals surface area contributed by atoms with Crippen LogP contribution >= 0.6 is 22.7 Å². The number of aryl methyl sites for hydroxylation is 1. The zero-order valence-electron chi connectivity index (χ0n) is 44.8. The molecular formula is C81H42S2. The van der Waals surface area contributed by atoms with Gasteiger partial charge >= 0.3 is 0 Å². The molecule has 0 bridgehead atoms. The van der Waals surface area contributed by atoms with Gasteiger partial charge in [-0.05, 0) is 229 Å². The summed E-state index contributed by atoms with van der Waals surface area (Å²) in [5.41, 5.74) is 14.4. The molecule has 0 atom stereocenters. The van der Waals surface area contributed by atoms with E-state index in [0.29, 0.717) is 0 Å². The third-order valence-corrected chi connectivity index (χ3v) is 22.0. The van der Waals surface area contributed by atoms with Crippen molar-refractivity contribution in [3.8, 4) is 55.6 Å². The molecule has 18 aromatic carbocycles. The summed E-state index contributed by atoms with van der Waals surface area (Å²) < 4.78 is 5.30. The van der Waals surface area contributed by atoms with Crippen molar-refractivity contribution in [2.75, 3.05) is 0 Å². The Morgan fingerprint density at radius 2 is 0.602 bits per heavy atom. The van der Waals surface area contributed by atoms with Crippen LogP contribution in [-0.4, -0.2) is 0 Å². The molecule has 0 unspecified atom stereocenters. The molecule has 83 heavy (non-hydrogen) atoms. The Morgan fingerprint density at radius 1 is 0.205 bits per heavy atom. The molecule has 0 nitrogen and oxygen atoms in total. The number of fused-ring (bicyclic) bond motifs is 21. The Hall–Kier alpha value is -9.96. The summed E-state index contributed by atoms with van der Waals surface area (Å²) in [6, 6.07) is 91.5. The molecule has 2 heteroatoms. The fourth-order valence-electron chi connectivity index (χ4n) is 16.5. The quantitative estimate of drug-likeness (QED) is 0.122. The molecule has 0 aliphatic heterocycles. The van der Waals surface area contributed by atoms with Gasteiger partial charge in [-0.2, -0.15) is 0 Å². The predicted octanol–water partition coefficient (Wildman–Crippen LogP) is 24.4. The average molecular weight is 1080 g/mol. The smallest absolute Gasteiger partial charge is 0.0355 e. The van der Waals surface area contributed by atoms with E-state index in [0.717, 1.165) is 0 Å². The topological polar surface area (TPSA) is 0 Å². The lowest BCUT2D eigenvalue weighted by Crippen LogP contribution is -1.93. The normalized spacial score (nSPS) is 12.9. The summed E-state index contributed by atoms with van der Waals surface area (Å²) in [4.78, 5) is 0. The van der Waals surface area contributed by atoms with Crippen LogP contribution in [0.3, 0.4) is 0 Å². The summed E-state index contributed by atoms with van der Waals surface area (Å²) >= 11 is 3.78. The lowest BCUT2D eigenvalue weighted by Gasteiger charge is -2.20. The van der Waals surface area contributed by atoms with Crippen LogP contribution in [0.4, 0.5) is 0 Å². The van der Waals surface area contributed by atoms with E-state index < -0.39 is 0 Å². The van der Waals surface area contributed by atoms with Gasteiger partial charge in [0.05, 0.1) is 0 Å². The lowest BCUT2D eigenvalue weighted by atomic mass is 9.82. The van der Waals surface area contributed by atoms with Gasteiger partial charge in [-0.1, -0.05) is 194 Å². The summed E-state index contributed by atoms with van der Waals surface area (Å²) in [7, 11) is 0. The van der Waals surface area contributed by atoms with Crippen LogP contribution in [0, 0.1) is 6.92 Å². The highest BCUT2D eigenvalue weighted by atomic mass is 32.1. The van der Waals surface area contributed by atoms with Crippen LogP contribution in [0.1, 0.15) is 5.56 Å². The van der Waals surface area contributed by atoms with E-state index in [1.165, 1.54) is 220 Å². The highest BCUT2D eigenvalue weighted by molar-refractivity contribution is 7.26. The minimum absolute atomic E-state index is 1.26. The van der Waals surface area contributed by atoms with E-state index in [2.05, 4.69) is 244 Å². The summed E-state index contributed by atoms with van der Waals surface area (Å²) in [6.07, 6.45) is 0. The fraction of sp³-hybridized carbons (Fsp3) is 0.0123. The van der Waals surface area contributed by atoms with E-state index in [9.17, 15) is 0 Å². The van der Waals surface area contributed by atoms with Crippen LogP contribution in [0.5, 0.6) is 0 Å². The number of hydrogen-bond donors (Lipinski definition) is 0. The Labute approximate surface area is 482 Å². The summed E-state index contributed by atoms with van der Waals surface area (Å²) in [5.74, 6) is 0. The Morgan fingerprint density at radius 3 is 1.20 bits per heavy atom.